The van der Waals surface area contributed by atoms with Crippen LogP contribution in [-0.4, -0.2) is 27.2 Å². The molecule has 5 aromatic rings. The first-order valence-corrected chi connectivity index (χ1v) is 16.8. The van der Waals surface area contributed by atoms with E-state index >= 15 is 0 Å². The molecule has 1 aliphatic rings. The van der Waals surface area contributed by atoms with E-state index in [1.54, 1.807) is 11.3 Å². The Labute approximate surface area is 265 Å². The maximum absolute atomic E-state index is 11.0. The van der Waals surface area contributed by atoms with Gasteiger partial charge in [-0.3, -0.25) is 8.74 Å². The number of fused-ring (bicyclic) bond motifs is 4. The summed E-state index contributed by atoms with van der Waals surface area (Å²) in [6.07, 6.45) is 4.05. The van der Waals surface area contributed by atoms with Gasteiger partial charge in [-0.25, -0.2) is 5.26 Å². The second kappa shape index (κ2) is 14.2. The highest BCUT2D eigenvalue weighted by Crippen LogP contribution is 2.43. The molecule has 0 saturated heterocycles. The van der Waals surface area contributed by atoms with Crippen molar-refractivity contribution in [3.8, 4) is 16.9 Å². The van der Waals surface area contributed by atoms with Gasteiger partial charge in [-0.2, -0.15) is 8.78 Å². The number of anilines is 1. The number of nitrogens with zero attached hydrogens (tertiary/aromatic N) is 2. The van der Waals surface area contributed by atoms with Crippen LogP contribution in [0.5, 0.6) is 5.75 Å². The van der Waals surface area contributed by atoms with Crippen molar-refractivity contribution < 1.29 is 36.9 Å². The quantitative estimate of drug-likeness (QED) is 0.0326. The average molecular weight is 652 g/mol. The molecule has 1 aromatic heterocycles. The van der Waals surface area contributed by atoms with E-state index in [2.05, 4.69) is 70.0 Å². The van der Waals surface area contributed by atoms with Crippen LogP contribution in [0.4, 0.5) is 5.69 Å². The van der Waals surface area contributed by atoms with Crippen molar-refractivity contribution in [2.45, 2.75) is 31.6 Å². The number of rotatable bonds is 13. The molecule has 6 rings (SSSR count). The van der Waals surface area contributed by atoms with Crippen molar-refractivity contribution >= 4 is 67.5 Å². The molecular formula is C32H31N2O7S3+. The zero-order chi connectivity index (χ0) is 30.5. The molecule has 9 nitrogen and oxygen atoms in total. The Kier molecular flexibility index (Phi) is 9.89. The van der Waals surface area contributed by atoms with Gasteiger partial charge in [0, 0.05) is 13.0 Å². The fraction of sp³-hybridized carbons (Fsp3) is 0.219. The third-order valence-corrected chi connectivity index (χ3v) is 9.77. The van der Waals surface area contributed by atoms with Gasteiger partial charge < -0.3 is 9.64 Å². The molecule has 12 heteroatoms. The molecule has 0 saturated carbocycles. The van der Waals surface area contributed by atoms with Crippen molar-refractivity contribution in [2.24, 2.45) is 0 Å². The minimum Gasteiger partial charge on any atom is -0.438 e. The summed E-state index contributed by atoms with van der Waals surface area (Å²) < 4.78 is 39.6. The van der Waals surface area contributed by atoms with E-state index in [0.29, 0.717) is 31.7 Å². The van der Waals surface area contributed by atoms with Crippen LogP contribution in [0.1, 0.15) is 36.6 Å². The second-order valence-corrected chi connectivity index (χ2v) is 12.7. The molecule has 2 heterocycles. The highest BCUT2D eigenvalue weighted by Gasteiger charge is 2.33. The molecule has 0 aliphatic carbocycles. The summed E-state index contributed by atoms with van der Waals surface area (Å²) in [5, 5.41) is 15.9. The fourth-order valence-electron chi connectivity index (χ4n) is 5.44. The van der Waals surface area contributed by atoms with Crippen LogP contribution in [0.2, 0.25) is 0 Å². The normalized spacial score (nSPS) is 15.2. The van der Waals surface area contributed by atoms with Crippen molar-refractivity contribution in [2.75, 3.05) is 18.1 Å². The summed E-state index contributed by atoms with van der Waals surface area (Å²) in [7, 11) is 0. The van der Waals surface area contributed by atoms with Gasteiger partial charge in [-0.1, -0.05) is 84.0 Å². The molecule has 2 N–H and O–H groups in total. The molecule has 0 fully saturated rings. The zero-order valence-corrected chi connectivity index (χ0v) is 26.3. The maximum atomic E-state index is 11.0. The van der Waals surface area contributed by atoms with Crippen LogP contribution in [0.15, 0.2) is 90.8 Å². The van der Waals surface area contributed by atoms with Crippen LogP contribution < -0.4 is 14.2 Å². The van der Waals surface area contributed by atoms with E-state index in [4.69, 9.17) is 23.1 Å². The van der Waals surface area contributed by atoms with Crippen LogP contribution >= 0.6 is 23.4 Å². The van der Waals surface area contributed by atoms with E-state index in [0.717, 1.165) is 60.6 Å². The Hall–Kier alpha value is -3.33. The van der Waals surface area contributed by atoms with Gasteiger partial charge in [0.25, 0.3) is 5.01 Å². The first kappa shape index (κ1) is 30.7. The number of thiazole rings is 1. The Morgan fingerprint density at radius 1 is 1.05 bits per heavy atom. The molecule has 228 valence electrons. The van der Waals surface area contributed by atoms with E-state index in [9.17, 15) is 4.21 Å². The van der Waals surface area contributed by atoms with Gasteiger partial charge in [0.15, 0.2) is 5.75 Å². The molecule has 0 bridgehead atoms. The number of ether oxygens (including phenoxy) is 1. The Bertz CT molecular complexity index is 1810. The van der Waals surface area contributed by atoms with Crippen molar-refractivity contribution in [3.63, 3.8) is 0 Å². The third kappa shape index (κ3) is 6.53. The van der Waals surface area contributed by atoms with E-state index in [-0.39, 0.29) is 12.0 Å². The predicted octanol–water partition coefficient (Wildman–Crippen LogP) is 8.12. The molecule has 0 radical (unpaired) electrons. The van der Waals surface area contributed by atoms with E-state index < -0.39 is 11.4 Å². The highest BCUT2D eigenvalue weighted by molar-refractivity contribution is 7.94. The smallest absolute Gasteiger partial charge is 0.301 e. The van der Waals surface area contributed by atoms with Gasteiger partial charge in [-0.05, 0) is 53.6 Å². The van der Waals surface area contributed by atoms with E-state index in [1.165, 1.54) is 0 Å². The number of hydrogen-bond acceptors (Lipinski definition) is 9. The summed E-state index contributed by atoms with van der Waals surface area (Å²) in [6, 6.07) is 28.9. The maximum Gasteiger partial charge on any atom is 0.301 e. The minimum atomic E-state index is -2.28. The van der Waals surface area contributed by atoms with Crippen molar-refractivity contribution in [3.05, 3.63) is 95.8 Å². The molecule has 2 atom stereocenters. The fourth-order valence-corrected chi connectivity index (χ4v) is 7.47. The third-order valence-electron chi connectivity index (χ3n) is 7.42. The molecule has 0 spiro atoms. The summed E-state index contributed by atoms with van der Waals surface area (Å²) >= 11 is 0.401. The minimum absolute atomic E-state index is 0.180. The van der Waals surface area contributed by atoms with Crippen LogP contribution in [0.3, 0.4) is 0 Å². The van der Waals surface area contributed by atoms with E-state index in [1.807, 2.05) is 42.5 Å². The van der Waals surface area contributed by atoms with Crippen molar-refractivity contribution in [1.82, 2.24) is 0 Å². The number of aromatic nitrogens is 1. The first-order valence-electron chi connectivity index (χ1n) is 14.2. The Morgan fingerprint density at radius 3 is 2.66 bits per heavy atom. The van der Waals surface area contributed by atoms with Crippen molar-refractivity contribution in [1.29, 1.82) is 0 Å². The topological polar surface area (TPSA) is 102 Å². The Balaban J connectivity index is 1.44. The lowest BCUT2D eigenvalue weighted by atomic mass is 10.0. The second-order valence-electron chi connectivity index (χ2n) is 10.1. The number of unbranched alkanes of at least 4 members (excludes halogenated alkanes) is 1. The molecular weight excluding hydrogens is 621 g/mol. The molecule has 44 heavy (non-hydrogen) atoms. The van der Waals surface area contributed by atoms with Gasteiger partial charge >= 0.3 is 11.4 Å². The van der Waals surface area contributed by atoms with Crippen LogP contribution in [0, 0.1) is 0 Å². The number of benzene rings is 4. The summed E-state index contributed by atoms with van der Waals surface area (Å²) in [6.45, 7) is 2.84. The largest absolute Gasteiger partial charge is 0.438 e. The lowest BCUT2D eigenvalue weighted by Crippen LogP contribution is -2.39. The summed E-state index contributed by atoms with van der Waals surface area (Å²) in [5.41, 5.74) is 4.18. The first-order chi connectivity index (χ1) is 21.6. The van der Waals surface area contributed by atoms with Gasteiger partial charge in [0.2, 0.25) is 16.8 Å². The lowest BCUT2D eigenvalue weighted by molar-refractivity contribution is -0.673. The summed E-state index contributed by atoms with van der Waals surface area (Å²) in [4.78, 5) is 2.14. The lowest BCUT2D eigenvalue weighted by Gasteiger charge is -2.18. The van der Waals surface area contributed by atoms with Gasteiger partial charge in [0.05, 0.1) is 23.8 Å². The van der Waals surface area contributed by atoms with Gasteiger partial charge in [-0.15, -0.1) is 4.33 Å². The summed E-state index contributed by atoms with van der Waals surface area (Å²) in [5.74, 6) is 1.42. The Morgan fingerprint density at radius 2 is 1.86 bits per heavy atom. The van der Waals surface area contributed by atoms with Crippen LogP contribution in [-0.2, 0) is 24.9 Å². The average Bonchev–Trinajstić information content (AvgIpc) is 3.59. The molecule has 1 aliphatic heterocycles. The molecule has 0 amide bonds. The SMILES string of the molecule is CCC(SOOO)[n+]1c(C=C2Oc3ccc(-c4ccccc4)cc3N2CCCCOS(=O)O)sc2ccc3ccccc3c21. The van der Waals surface area contributed by atoms with Gasteiger partial charge in [0.1, 0.15) is 16.7 Å². The molecule has 2 unspecified atom stereocenters. The standard InChI is InChI=1S/C32H30N2O7S3/c1-2-30(43-41-40-35)34-31(42-28-17-15-23-12-6-7-13-25(23)32(28)34)21-29-33(18-8-9-19-38-44(36)37)26-20-24(14-16-27(26)39-29)22-10-4-3-5-11-22/h3-7,10-17,20-21,30H,2,8-9,18-19H2,1H3,(H-,35,36,37)/p+1. The highest BCUT2D eigenvalue weighted by atomic mass is 32.2. The number of hydrogen-bond donors (Lipinski definition) is 2. The zero-order valence-electron chi connectivity index (χ0n) is 23.8. The monoisotopic (exact) mass is 651 g/mol. The predicted molar refractivity (Wildman–Crippen MR) is 175 cm³/mol. The molecule has 4 aromatic carbocycles. The van der Waals surface area contributed by atoms with Crippen LogP contribution in [0.25, 0.3) is 38.2 Å².